The van der Waals surface area contributed by atoms with E-state index in [9.17, 15) is 0 Å². The molecule has 0 saturated carbocycles. The SMILES string of the molecule is COCCNCc1ccc(Sc2cccs2)c(Cl)c1. The summed E-state index contributed by atoms with van der Waals surface area (Å²) in [4.78, 5) is 1.10. The molecule has 0 radical (unpaired) electrons. The normalized spacial score (nSPS) is 10.8. The van der Waals surface area contributed by atoms with Crippen LogP contribution < -0.4 is 5.32 Å². The minimum absolute atomic E-state index is 0.722. The van der Waals surface area contributed by atoms with Gasteiger partial charge in [-0.1, -0.05) is 35.5 Å². The summed E-state index contributed by atoms with van der Waals surface area (Å²) in [6, 6.07) is 10.4. The van der Waals surface area contributed by atoms with Crippen molar-refractivity contribution in [2.24, 2.45) is 0 Å². The van der Waals surface area contributed by atoms with Crippen LogP contribution in [-0.4, -0.2) is 20.3 Å². The van der Waals surface area contributed by atoms with E-state index < -0.39 is 0 Å². The van der Waals surface area contributed by atoms with Gasteiger partial charge in [0, 0.05) is 25.1 Å². The number of ether oxygens (including phenoxy) is 1. The first-order valence-corrected chi connectivity index (χ1v) is 8.06. The van der Waals surface area contributed by atoms with Crippen LogP contribution in [0.15, 0.2) is 44.8 Å². The molecule has 1 heterocycles. The smallest absolute Gasteiger partial charge is 0.0646 e. The molecule has 0 fully saturated rings. The Hall–Kier alpha value is -0.520. The fourth-order valence-corrected chi connectivity index (χ4v) is 3.63. The Morgan fingerprint density at radius 1 is 1.37 bits per heavy atom. The molecule has 2 nitrogen and oxygen atoms in total. The van der Waals surface area contributed by atoms with Gasteiger partial charge in [-0.05, 0) is 29.1 Å². The number of hydrogen-bond acceptors (Lipinski definition) is 4. The fraction of sp³-hybridized carbons (Fsp3) is 0.286. The number of methoxy groups -OCH3 is 1. The van der Waals surface area contributed by atoms with E-state index in [2.05, 4.69) is 35.0 Å². The summed E-state index contributed by atoms with van der Waals surface area (Å²) in [5.41, 5.74) is 1.19. The van der Waals surface area contributed by atoms with E-state index in [1.165, 1.54) is 9.77 Å². The zero-order chi connectivity index (χ0) is 13.5. The summed E-state index contributed by atoms with van der Waals surface area (Å²) >= 11 is 9.75. The van der Waals surface area contributed by atoms with Crippen LogP contribution >= 0.6 is 34.7 Å². The molecule has 1 aromatic carbocycles. The monoisotopic (exact) mass is 313 g/mol. The zero-order valence-electron chi connectivity index (χ0n) is 10.7. The van der Waals surface area contributed by atoms with Crippen LogP contribution in [0, 0.1) is 0 Å². The molecule has 0 bridgehead atoms. The van der Waals surface area contributed by atoms with Crippen molar-refractivity contribution in [1.29, 1.82) is 0 Å². The zero-order valence-corrected chi connectivity index (χ0v) is 13.1. The van der Waals surface area contributed by atoms with Crippen LogP contribution in [-0.2, 0) is 11.3 Å². The molecule has 0 amide bonds. The number of hydrogen-bond donors (Lipinski definition) is 1. The fourth-order valence-electron chi connectivity index (χ4n) is 1.57. The van der Waals surface area contributed by atoms with Gasteiger partial charge < -0.3 is 10.1 Å². The van der Waals surface area contributed by atoms with Crippen molar-refractivity contribution in [2.75, 3.05) is 20.3 Å². The first-order chi connectivity index (χ1) is 9.29. The molecule has 5 heteroatoms. The highest BCUT2D eigenvalue weighted by Crippen LogP contribution is 2.36. The number of thiophene rings is 1. The largest absolute Gasteiger partial charge is 0.383 e. The highest BCUT2D eigenvalue weighted by Gasteiger charge is 2.04. The van der Waals surface area contributed by atoms with Crippen LogP contribution in [0.25, 0.3) is 0 Å². The Morgan fingerprint density at radius 2 is 2.26 bits per heavy atom. The van der Waals surface area contributed by atoms with E-state index in [0.29, 0.717) is 0 Å². The third-order valence-electron chi connectivity index (χ3n) is 2.51. The quantitative estimate of drug-likeness (QED) is 0.771. The van der Waals surface area contributed by atoms with Crippen molar-refractivity contribution < 1.29 is 4.74 Å². The van der Waals surface area contributed by atoms with Crippen molar-refractivity contribution in [3.05, 3.63) is 46.3 Å². The van der Waals surface area contributed by atoms with Gasteiger partial charge >= 0.3 is 0 Å². The maximum absolute atomic E-state index is 6.32. The Morgan fingerprint density at radius 3 is 2.95 bits per heavy atom. The van der Waals surface area contributed by atoms with Crippen LogP contribution in [0.5, 0.6) is 0 Å². The van der Waals surface area contributed by atoms with Gasteiger partial charge in [0.05, 0.1) is 15.8 Å². The molecular formula is C14H16ClNOS2. The van der Waals surface area contributed by atoms with Gasteiger partial charge in [0.2, 0.25) is 0 Å². The third kappa shape index (κ3) is 4.82. The van der Waals surface area contributed by atoms with Crippen LogP contribution in [0.4, 0.5) is 0 Å². The average Bonchev–Trinajstić information content (AvgIpc) is 2.91. The molecule has 102 valence electrons. The Bertz CT molecular complexity index is 502. The topological polar surface area (TPSA) is 21.3 Å². The summed E-state index contributed by atoms with van der Waals surface area (Å²) in [7, 11) is 1.70. The van der Waals surface area contributed by atoms with Crippen LogP contribution in [0.2, 0.25) is 5.02 Å². The lowest BCUT2D eigenvalue weighted by molar-refractivity contribution is 0.199. The molecule has 0 atom stereocenters. The van der Waals surface area contributed by atoms with Crippen molar-refractivity contribution in [3.63, 3.8) is 0 Å². The van der Waals surface area contributed by atoms with Gasteiger partial charge in [0.15, 0.2) is 0 Å². The molecular weight excluding hydrogens is 298 g/mol. The predicted octanol–water partition coefficient (Wildman–Crippen LogP) is 4.29. The van der Waals surface area contributed by atoms with Gasteiger partial charge in [-0.15, -0.1) is 11.3 Å². The second-order valence-electron chi connectivity index (χ2n) is 3.97. The van der Waals surface area contributed by atoms with Crippen molar-refractivity contribution in [3.8, 4) is 0 Å². The summed E-state index contributed by atoms with van der Waals surface area (Å²) in [6.07, 6.45) is 0. The molecule has 19 heavy (non-hydrogen) atoms. The molecule has 0 unspecified atom stereocenters. The van der Waals surface area contributed by atoms with E-state index in [0.717, 1.165) is 29.6 Å². The second kappa shape index (κ2) is 7.92. The number of benzene rings is 1. The second-order valence-corrected chi connectivity index (χ2v) is 6.67. The molecule has 0 spiro atoms. The maximum Gasteiger partial charge on any atom is 0.0646 e. The summed E-state index contributed by atoms with van der Waals surface area (Å²) in [6.45, 7) is 2.38. The van der Waals surface area contributed by atoms with E-state index >= 15 is 0 Å². The number of nitrogens with one attached hydrogen (secondary N) is 1. The molecule has 1 aromatic heterocycles. The van der Waals surface area contributed by atoms with E-state index in [4.69, 9.17) is 16.3 Å². The summed E-state index contributed by atoms with van der Waals surface area (Å²) in [5.74, 6) is 0. The van der Waals surface area contributed by atoms with Crippen LogP contribution in [0.1, 0.15) is 5.56 Å². The minimum Gasteiger partial charge on any atom is -0.383 e. The first-order valence-electron chi connectivity index (χ1n) is 5.99. The Kier molecular flexibility index (Phi) is 6.20. The van der Waals surface area contributed by atoms with Crippen molar-refractivity contribution >= 4 is 34.7 Å². The standard InChI is InChI=1S/C14H16ClNOS2/c1-17-7-6-16-10-11-4-5-13(12(15)9-11)19-14-3-2-8-18-14/h2-5,8-9,16H,6-7,10H2,1H3. The highest BCUT2D eigenvalue weighted by atomic mass is 35.5. The number of rotatable bonds is 7. The highest BCUT2D eigenvalue weighted by molar-refractivity contribution is 8.01. The molecule has 0 aliphatic carbocycles. The molecule has 2 aromatic rings. The van der Waals surface area contributed by atoms with E-state index in [1.54, 1.807) is 30.2 Å². The molecule has 1 N–H and O–H groups in total. The molecule has 2 rings (SSSR count). The Labute approximate surface area is 127 Å². The summed E-state index contributed by atoms with van der Waals surface area (Å²) in [5, 5.41) is 6.19. The lowest BCUT2D eigenvalue weighted by atomic mass is 10.2. The molecule has 0 aliphatic rings. The molecule has 0 aliphatic heterocycles. The maximum atomic E-state index is 6.32. The van der Waals surface area contributed by atoms with E-state index in [-0.39, 0.29) is 0 Å². The van der Waals surface area contributed by atoms with Gasteiger partial charge in [-0.3, -0.25) is 0 Å². The first kappa shape index (κ1) is 14.9. The van der Waals surface area contributed by atoms with Gasteiger partial charge in [0.25, 0.3) is 0 Å². The number of halogens is 1. The minimum atomic E-state index is 0.722. The lowest BCUT2D eigenvalue weighted by Crippen LogP contribution is -2.18. The van der Waals surface area contributed by atoms with E-state index in [1.807, 2.05) is 6.07 Å². The van der Waals surface area contributed by atoms with Crippen molar-refractivity contribution in [2.45, 2.75) is 15.6 Å². The average molecular weight is 314 g/mol. The summed E-state index contributed by atoms with van der Waals surface area (Å²) < 4.78 is 6.25. The lowest BCUT2D eigenvalue weighted by Gasteiger charge is -2.07. The van der Waals surface area contributed by atoms with Crippen LogP contribution in [0.3, 0.4) is 0 Å². The van der Waals surface area contributed by atoms with Crippen molar-refractivity contribution in [1.82, 2.24) is 5.32 Å². The molecule has 0 saturated heterocycles. The third-order valence-corrected chi connectivity index (χ3v) is 5.05. The van der Waals surface area contributed by atoms with Gasteiger partial charge in [0.1, 0.15) is 0 Å². The predicted molar refractivity (Wildman–Crippen MR) is 83.5 cm³/mol. The van der Waals surface area contributed by atoms with Gasteiger partial charge in [-0.2, -0.15) is 0 Å². The Balaban J connectivity index is 1.93. The van der Waals surface area contributed by atoms with Gasteiger partial charge in [-0.25, -0.2) is 0 Å².